The van der Waals surface area contributed by atoms with E-state index in [0.29, 0.717) is 10.8 Å². The molecule has 2 aliphatic rings. The van der Waals surface area contributed by atoms with Gasteiger partial charge in [-0.05, 0) is 75.5 Å². The van der Waals surface area contributed by atoms with Gasteiger partial charge in [0.1, 0.15) is 0 Å². The van der Waals surface area contributed by atoms with Gasteiger partial charge in [0.15, 0.2) is 0 Å². The zero-order valence-corrected chi connectivity index (χ0v) is 14.4. The van der Waals surface area contributed by atoms with Crippen LogP contribution in [0.5, 0.6) is 0 Å². The lowest BCUT2D eigenvalue weighted by Gasteiger charge is -2.39. The first kappa shape index (κ1) is 16.3. The molecule has 0 unspecified atom stereocenters. The van der Waals surface area contributed by atoms with Crippen molar-refractivity contribution in [1.29, 1.82) is 0 Å². The lowest BCUT2D eigenvalue weighted by Crippen LogP contribution is -2.41. The highest BCUT2D eigenvalue weighted by molar-refractivity contribution is 4.81. The Morgan fingerprint density at radius 3 is 1.45 bits per heavy atom. The van der Waals surface area contributed by atoms with Crippen LogP contribution in [0.1, 0.15) is 66.2 Å². The van der Waals surface area contributed by atoms with Gasteiger partial charge in [-0.15, -0.1) is 0 Å². The summed E-state index contributed by atoms with van der Waals surface area (Å²) < 4.78 is 0. The van der Waals surface area contributed by atoms with Crippen molar-refractivity contribution >= 4 is 0 Å². The van der Waals surface area contributed by atoms with E-state index >= 15 is 0 Å². The predicted molar refractivity (Wildman–Crippen MR) is 88.1 cm³/mol. The zero-order valence-electron chi connectivity index (χ0n) is 14.4. The second-order valence-electron chi connectivity index (χ2n) is 8.79. The van der Waals surface area contributed by atoms with Gasteiger partial charge >= 0.3 is 0 Å². The highest BCUT2D eigenvalue weighted by atomic mass is 15.1. The van der Waals surface area contributed by atoms with Crippen LogP contribution in [-0.2, 0) is 0 Å². The zero-order chi connectivity index (χ0) is 14.6. The number of likely N-dealkylation sites (tertiary alicyclic amines) is 2. The third-order valence-electron chi connectivity index (χ3n) is 5.16. The van der Waals surface area contributed by atoms with Crippen LogP contribution < -0.4 is 0 Å². The van der Waals surface area contributed by atoms with Gasteiger partial charge in [-0.2, -0.15) is 0 Å². The molecule has 0 atom stereocenters. The van der Waals surface area contributed by atoms with Crippen molar-refractivity contribution < 1.29 is 0 Å². The molecule has 0 aromatic rings. The van der Waals surface area contributed by atoms with Crippen molar-refractivity contribution in [1.82, 2.24) is 9.80 Å². The van der Waals surface area contributed by atoms with Crippen molar-refractivity contribution in [2.45, 2.75) is 66.2 Å². The van der Waals surface area contributed by atoms with E-state index in [1.165, 1.54) is 77.8 Å². The molecule has 0 amide bonds. The van der Waals surface area contributed by atoms with Crippen molar-refractivity contribution in [3.63, 3.8) is 0 Å². The number of hydrogen-bond donors (Lipinski definition) is 0. The van der Waals surface area contributed by atoms with E-state index in [1.807, 2.05) is 0 Å². The van der Waals surface area contributed by atoms with Gasteiger partial charge in [-0.1, -0.05) is 27.7 Å². The third kappa shape index (κ3) is 5.37. The Morgan fingerprint density at radius 2 is 1.10 bits per heavy atom. The molecule has 2 rings (SSSR count). The summed E-state index contributed by atoms with van der Waals surface area (Å²) in [5.74, 6) is 0. The number of unbranched alkanes of at least 4 members (excludes halogenated alkanes) is 1. The molecule has 0 aliphatic carbocycles. The van der Waals surface area contributed by atoms with E-state index in [2.05, 4.69) is 37.5 Å². The quantitative estimate of drug-likeness (QED) is 0.702. The first-order chi connectivity index (χ1) is 9.36. The maximum Gasteiger partial charge on any atom is 0.00327 e. The molecule has 2 fully saturated rings. The van der Waals surface area contributed by atoms with Gasteiger partial charge in [-0.3, -0.25) is 0 Å². The van der Waals surface area contributed by atoms with E-state index < -0.39 is 0 Å². The molecule has 2 saturated heterocycles. The summed E-state index contributed by atoms with van der Waals surface area (Å²) in [6.45, 7) is 17.6. The first-order valence-corrected chi connectivity index (χ1v) is 8.81. The molecule has 0 saturated carbocycles. The topological polar surface area (TPSA) is 6.48 Å². The number of nitrogens with zero attached hydrogens (tertiary/aromatic N) is 2. The molecule has 2 aliphatic heterocycles. The fourth-order valence-electron chi connectivity index (χ4n) is 4.14. The van der Waals surface area contributed by atoms with Gasteiger partial charge in [0.2, 0.25) is 0 Å². The molecule has 2 nitrogen and oxygen atoms in total. The lowest BCUT2D eigenvalue weighted by molar-refractivity contribution is 0.103. The van der Waals surface area contributed by atoms with E-state index in [4.69, 9.17) is 0 Å². The fraction of sp³-hybridized carbons (Fsp3) is 1.00. The molecule has 20 heavy (non-hydrogen) atoms. The van der Waals surface area contributed by atoms with Gasteiger partial charge < -0.3 is 9.80 Å². The Morgan fingerprint density at radius 1 is 0.700 bits per heavy atom. The summed E-state index contributed by atoms with van der Waals surface area (Å²) >= 11 is 0. The standard InChI is InChI=1S/C18H36N2/c1-17(2)9-7-13-19(15-17)11-5-6-12-20-14-8-10-18(3,4)16-20/h5-16H2,1-4H3. The van der Waals surface area contributed by atoms with Crippen molar-refractivity contribution in [2.24, 2.45) is 10.8 Å². The highest BCUT2D eigenvalue weighted by Gasteiger charge is 2.27. The molecule has 0 radical (unpaired) electrons. The van der Waals surface area contributed by atoms with Crippen LogP contribution in [0.25, 0.3) is 0 Å². The van der Waals surface area contributed by atoms with Crippen molar-refractivity contribution in [3.05, 3.63) is 0 Å². The van der Waals surface area contributed by atoms with Gasteiger partial charge in [-0.25, -0.2) is 0 Å². The second-order valence-corrected chi connectivity index (χ2v) is 8.79. The van der Waals surface area contributed by atoms with Crippen LogP contribution >= 0.6 is 0 Å². The molecule has 2 heteroatoms. The Kier molecular flexibility index (Phi) is 5.53. The number of hydrogen-bond acceptors (Lipinski definition) is 2. The SMILES string of the molecule is CC1(C)CCCN(CCCCN2CCCC(C)(C)C2)C1. The lowest BCUT2D eigenvalue weighted by atomic mass is 9.84. The largest absolute Gasteiger partial charge is 0.303 e. The molecule has 118 valence electrons. The van der Waals surface area contributed by atoms with Crippen molar-refractivity contribution in [3.8, 4) is 0 Å². The summed E-state index contributed by atoms with van der Waals surface area (Å²) in [7, 11) is 0. The minimum absolute atomic E-state index is 0.551. The minimum atomic E-state index is 0.551. The first-order valence-electron chi connectivity index (χ1n) is 8.81. The maximum absolute atomic E-state index is 2.70. The molecule has 2 heterocycles. The average Bonchev–Trinajstić information content (AvgIpc) is 2.32. The van der Waals surface area contributed by atoms with Crippen LogP contribution in [0.3, 0.4) is 0 Å². The van der Waals surface area contributed by atoms with Crippen LogP contribution in [-0.4, -0.2) is 49.1 Å². The van der Waals surface area contributed by atoms with Crippen LogP contribution in [0.15, 0.2) is 0 Å². The van der Waals surface area contributed by atoms with E-state index in [1.54, 1.807) is 0 Å². The van der Waals surface area contributed by atoms with Gasteiger partial charge in [0.05, 0.1) is 0 Å². The predicted octanol–water partition coefficient (Wildman–Crippen LogP) is 4.01. The van der Waals surface area contributed by atoms with E-state index in [0.717, 1.165) is 0 Å². The number of rotatable bonds is 5. The fourth-order valence-corrected chi connectivity index (χ4v) is 4.14. The summed E-state index contributed by atoms with van der Waals surface area (Å²) in [4.78, 5) is 5.40. The normalized spacial score (nSPS) is 27.6. The van der Waals surface area contributed by atoms with Crippen LogP contribution in [0.4, 0.5) is 0 Å². The summed E-state index contributed by atoms with van der Waals surface area (Å²) in [5, 5.41) is 0. The minimum Gasteiger partial charge on any atom is -0.303 e. The summed E-state index contributed by atoms with van der Waals surface area (Å²) in [6.07, 6.45) is 8.37. The molecular formula is C18H36N2. The molecular weight excluding hydrogens is 244 g/mol. The Hall–Kier alpha value is -0.0800. The molecule has 0 spiro atoms. The van der Waals surface area contributed by atoms with E-state index in [9.17, 15) is 0 Å². The highest BCUT2D eigenvalue weighted by Crippen LogP contribution is 2.29. The molecule has 0 N–H and O–H groups in total. The third-order valence-corrected chi connectivity index (χ3v) is 5.16. The maximum atomic E-state index is 2.70. The number of piperidine rings is 2. The van der Waals surface area contributed by atoms with Gasteiger partial charge in [0.25, 0.3) is 0 Å². The monoisotopic (exact) mass is 280 g/mol. The van der Waals surface area contributed by atoms with Crippen molar-refractivity contribution in [2.75, 3.05) is 39.3 Å². The molecule has 0 aromatic carbocycles. The smallest absolute Gasteiger partial charge is 0.00327 e. The van der Waals surface area contributed by atoms with Gasteiger partial charge in [0, 0.05) is 13.1 Å². The molecule has 0 bridgehead atoms. The Bertz CT molecular complexity index is 266. The van der Waals surface area contributed by atoms with E-state index in [-0.39, 0.29) is 0 Å². The summed E-state index contributed by atoms with van der Waals surface area (Å²) in [5.41, 5.74) is 1.10. The van der Waals surface area contributed by atoms with Crippen LogP contribution in [0, 0.1) is 10.8 Å². The average molecular weight is 280 g/mol. The second kappa shape index (κ2) is 6.79. The Balaban J connectivity index is 1.59. The van der Waals surface area contributed by atoms with Crippen LogP contribution in [0.2, 0.25) is 0 Å². The summed E-state index contributed by atoms with van der Waals surface area (Å²) in [6, 6.07) is 0. The Labute approximate surface area is 126 Å². The molecule has 0 aromatic heterocycles.